The first-order chi connectivity index (χ1) is 17.4. The zero-order chi connectivity index (χ0) is 25.9. The Kier molecular flexibility index (Phi) is 10.9. The summed E-state index contributed by atoms with van der Waals surface area (Å²) in [6.07, 6.45) is 1.57. The summed E-state index contributed by atoms with van der Waals surface area (Å²) >= 11 is 8.13. The van der Waals surface area contributed by atoms with E-state index in [1.807, 2.05) is 68.4 Å². The molecule has 0 fully saturated rings. The molecule has 0 aromatic heterocycles. The number of hydrogen-bond acceptors (Lipinski definition) is 3. The Morgan fingerprint density at radius 3 is 2.31 bits per heavy atom. The maximum absolute atomic E-state index is 13.7. The van der Waals surface area contributed by atoms with Crippen molar-refractivity contribution in [3.8, 4) is 0 Å². The summed E-state index contributed by atoms with van der Waals surface area (Å²) in [6.45, 7) is 6.35. The van der Waals surface area contributed by atoms with Gasteiger partial charge in [0.1, 0.15) is 6.04 Å². The van der Waals surface area contributed by atoms with Crippen LogP contribution in [-0.4, -0.2) is 34.6 Å². The number of nitrogens with zero attached hydrogens (tertiary/aromatic N) is 1. The molecule has 4 nitrogen and oxygen atoms in total. The second-order valence-corrected chi connectivity index (χ2v) is 10.6. The molecular formula is C30H35ClN2O2S. The summed E-state index contributed by atoms with van der Waals surface area (Å²) in [5, 5.41) is 3.69. The van der Waals surface area contributed by atoms with Gasteiger partial charge in [0.2, 0.25) is 11.8 Å². The molecule has 0 aliphatic rings. The number of carbonyl (C=O) groups excluding carboxylic acids is 2. The second-order valence-electron chi connectivity index (χ2n) is 9.05. The summed E-state index contributed by atoms with van der Waals surface area (Å²) in [5.41, 5.74) is 3.04. The predicted octanol–water partition coefficient (Wildman–Crippen LogP) is 6.69. The number of thioether (sulfide) groups is 1. The van der Waals surface area contributed by atoms with E-state index >= 15 is 0 Å². The Bertz CT molecular complexity index is 1120. The fourth-order valence-corrected chi connectivity index (χ4v) is 4.88. The van der Waals surface area contributed by atoms with Crippen molar-refractivity contribution in [1.29, 1.82) is 0 Å². The Labute approximate surface area is 224 Å². The van der Waals surface area contributed by atoms with Gasteiger partial charge in [0.25, 0.3) is 0 Å². The van der Waals surface area contributed by atoms with Gasteiger partial charge in [-0.15, -0.1) is 11.8 Å². The van der Waals surface area contributed by atoms with Crippen LogP contribution >= 0.6 is 23.4 Å². The number of benzene rings is 3. The molecular weight excluding hydrogens is 488 g/mol. The first-order valence-electron chi connectivity index (χ1n) is 12.4. The van der Waals surface area contributed by atoms with E-state index in [0.717, 1.165) is 22.4 Å². The van der Waals surface area contributed by atoms with E-state index in [2.05, 4.69) is 36.5 Å². The van der Waals surface area contributed by atoms with Crippen LogP contribution in [0.15, 0.2) is 83.8 Å². The van der Waals surface area contributed by atoms with Crippen LogP contribution in [0.5, 0.6) is 0 Å². The standard InChI is InChI=1S/C30H35ClN2O2S/c1-4-23(3)32-30(35)28(20-24-10-6-5-7-11-24)33(21-25-12-8-9-13-27(25)31)29(34)18-19-36-26-16-14-22(2)15-17-26/h5-17,23,28H,4,18-21H2,1-3H3,(H,32,35). The van der Waals surface area contributed by atoms with Crippen molar-refractivity contribution in [3.63, 3.8) is 0 Å². The van der Waals surface area contributed by atoms with Crippen molar-refractivity contribution in [2.75, 3.05) is 5.75 Å². The highest BCUT2D eigenvalue weighted by Crippen LogP contribution is 2.23. The van der Waals surface area contributed by atoms with E-state index < -0.39 is 6.04 Å². The normalized spacial score (nSPS) is 12.6. The molecule has 36 heavy (non-hydrogen) atoms. The van der Waals surface area contributed by atoms with Crippen LogP contribution in [0.1, 0.15) is 43.4 Å². The lowest BCUT2D eigenvalue weighted by atomic mass is 10.0. The summed E-state index contributed by atoms with van der Waals surface area (Å²) in [6, 6.07) is 25.0. The Morgan fingerprint density at radius 2 is 1.64 bits per heavy atom. The minimum atomic E-state index is -0.644. The van der Waals surface area contributed by atoms with Crippen molar-refractivity contribution in [3.05, 3.63) is 101 Å². The van der Waals surface area contributed by atoms with Gasteiger partial charge >= 0.3 is 0 Å². The molecule has 3 aromatic carbocycles. The number of hydrogen-bond donors (Lipinski definition) is 1. The lowest BCUT2D eigenvalue weighted by molar-refractivity contribution is -0.141. The molecule has 2 unspecified atom stereocenters. The van der Waals surface area contributed by atoms with E-state index in [1.165, 1.54) is 5.56 Å². The summed E-state index contributed by atoms with van der Waals surface area (Å²) in [4.78, 5) is 30.0. The van der Waals surface area contributed by atoms with Crippen LogP contribution in [0.2, 0.25) is 5.02 Å². The molecule has 0 saturated carbocycles. The number of carbonyl (C=O) groups is 2. The fraction of sp³-hybridized carbons (Fsp3) is 0.333. The molecule has 0 saturated heterocycles. The third-order valence-corrected chi connectivity index (χ3v) is 7.56. The van der Waals surface area contributed by atoms with Gasteiger partial charge in [0.05, 0.1) is 0 Å². The molecule has 2 atom stereocenters. The SMILES string of the molecule is CCC(C)NC(=O)C(Cc1ccccc1)N(Cc1ccccc1Cl)C(=O)CCSc1ccc(C)cc1. The van der Waals surface area contributed by atoms with Gasteiger partial charge in [-0.3, -0.25) is 9.59 Å². The van der Waals surface area contributed by atoms with Gasteiger partial charge in [-0.2, -0.15) is 0 Å². The van der Waals surface area contributed by atoms with E-state index in [0.29, 0.717) is 23.6 Å². The molecule has 0 radical (unpaired) electrons. The topological polar surface area (TPSA) is 49.4 Å². The van der Waals surface area contributed by atoms with Gasteiger partial charge < -0.3 is 10.2 Å². The van der Waals surface area contributed by atoms with E-state index in [4.69, 9.17) is 11.6 Å². The maximum Gasteiger partial charge on any atom is 0.243 e. The van der Waals surface area contributed by atoms with Crippen LogP contribution < -0.4 is 5.32 Å². The summed E-state index contributed by atoms with van der Waals surface area (Å²) in [5.74, 6) is 0.431. The average molecular weight is 523 g/mol. The minimum Gasteiger partial charge on any atom is -0.352 e. The third kappa shape index (κ3) is 8.42. The van der Waals surface area contributed by atoms with E-state index in [1.54, 1.807) is 16.7 Å². The number of rotatable bonds is 12. The maximum atomic E-state index is 13.7. The van der Waals surface area contributed by atoms with Gasteiger partial charge in [-0.05, 0) is 49.6 Å². The molecule has 3 aromatic rings. The zero-order valence-corrected chi connectivity index (χ0v) is 22.8. The highest BCUT2D eigenvalue weighted by Gasteiger charge is 2.31. The number of halogens is 1. The Hall–Kier alpha value is -2.76. The highest BCUT2D eigenvalue weighted by molar-refractivity contribution is 7.99. The molecule has 3 rings (SSSR count). The predicted molar refractivity (Wildman–Crippen MR) is 150 cm³/mol. The molecule has 190 valence electrons. The van der Waals surface area contributed by atoms with Crippen LogP contribution in [0.25, 0.3) is 0 Å². The highest BCUT2D eigenvalue weighted by atomic mass is 35.5. The van der Waals surface area contributed by atoms with Gasteiger partial charge in [-0.25, -0.2) is 0 Å². The van der Waals surface area contributed by atoms with Gasteiger partial charge in [0, 0.05) is 41.1 Å². The summed E-state index contributed by atoms with van der Waals surface area (Å²) in [7, 11) is 0. The van der Waals surface area contributed by atoms with E-state index in [-0.39, 0.29) is 24.4 Å². The smallest absolute Gasteiger partial charge is 0.243 e. The molecule has 0 aliphatic carbocycles. The van der Waals surface area contributed by atoms with Gasteiger partial charge in [-0.1, -0.05) is 84.8 Å². The van der Waals surface area contributed by atoms with Crippen molar-refractivity contribution in [2.45, 2.75) is 63.6 Å². The number of aryl methyl sites for hydroxylation is 1. The first-order valence-corrected chi connectivity index (χ1v) is 13.8. The molecule has 0 heterocycles. The largest absolute Gasteiger partial charge is 0.352 e. The van der Waals surface area contributed by atoms with Crippen molar-refractivity contribution >= 4 is 35.2 Å². The zero-order valence-electron chi connectivity index (χ0n) is 21.2. The molecule has 6 heteroatoms. The average Bonchev–Trinajstić information content (AvgIpc) is 2.88. The van der Waals surface area contributed by atoms with Crippen LogP contribution in [0.4, 0.5) is 0 Å². The molecule has 0 spiro atoms. The van der Waals surface area contributed by atoms with Crippen molar-refractivity contribution in [1.82, 2.24) is 10.2 Å². The lowest BCUT2D eigenvalue weighted by Gasteiger charge is -2.32. The van der Waals surface area contributed by atoms with Crippen molar-refractivity contribution in [2.24, 2.45) is 0 Å². The lowest BCUT2D eigenvalue weighted by Crippen LogP contribution is -2.52. The Morgan fingerprint density at radius 1 is 0.972 bits per heavy atom. The first kappa shape index (κ1) is 27.8. The molecule has 0 bridgehead atoms. The second kappa shape index (κ2) is 14.1. The minimum absolute atomic E-state index is 0.0186. The number of amides is 2. The van der Waals surface area contributed by atoms with Crippen LogP contribution in [0, 0.1) is 6.92 Å². The Balaban J connectivity index is 1.86. The van der Waals surface area contributed by atoms with Crippen LogP contribution in [0.3, 0.4) is 0 Å². The molecule has 1 N–H and O–H groups in total. The molecule has 2 amide bonds. The van der Waals surface area contributed by atoms with Gasteiger partial charge in [0.15, 0.2) is 0 Å². The van der Waals surface area contributed by atoms with Crippen LogP contribution in [-0.2, 0) is 22.6 Å². The van der Waals surface area contributed by atoms with Crippen molar-refractivity contribution < 1.29 is 9.59 Å². The third-order valence-electron chi connectivity index (χ3n) is 6.18. The molecule has 0 aliphatic heterocycles. The van der Waals surface area contributed by atoms with E-state index in [9.17, 15) is 9.59 Å². The quantitative estimate of drug-likeness (QED) is 0.270. The fourth-order valence-electron chi connectivity index (χ4n) is 3.84. The monoisotopic (exact) mass is 522 g/mol. The number of nitrogens with one attached hydrogen (secondary N) is 1. The summed E-state index contributed by atoms with van der Waals surface area (Å²) < 4.78 is 0.